The molecule has 90 valence electrons. The molecule has 0 aliphatic carbocycles. The summed E-state index contributed by atoms with van der Waals surface area (Å²) in [6, 6.07) is 1.73. The summed E-state index contributed by atoms with van der Waals surface area (Å²) in [5.41, 5.74) is 0.200. The molecule has 0 fully saturated rings. The maximum absolute atomic E-state index is 11.8. The Bertz CT molecular complexity index is 372. The van der Waals surface area contributed by atoms with Crippen LogP contribution in [0.2, 0.25) is 0 Å². The standard InChI is InChI=1S/C11H17ClN2O2/c1-7(2)8-5-9(16-14-8)13-10(15)11(3,4)6-12/h5,7H,6H2,1-4H3,(H,13,15). The molecule has 0 saturated carbocycles. The minimum absolute atomic E-state index is 0.172. The molecule has 0 spiro atoms. The fraction of sp³-hybridized carbons (Fsp3) is 0.636. The van der Waals surface area contributed by atoms with E-state index in [9.17, 15) is 4.79 Å². The Hall–Kier alpha value is -1.03. The number of halogens is 1. The third-order valence-corrected chi connectivity index (χ3v) is 2.97. The molecule has 16 heavy (non-hydrogen) atoms. The van der Waals surface area contributed by atoms with Crippen LogP contribution < -0.4 is 5.32 Å². The molecule has 1 amide bonds. The summed E-state index contributed by atoms with van der Waals surface area (Å²) in [6.45, 7) is 7.56. The van der Waals surface area contributed by atoms with Gasteiger partial charge in [-0.15, -0.1) is 11.6 Å². The molecular weight excluding hydrogens is 228 g/mol. The number of nitrogens with one attached hydrogen (secondary N) is 1. The van der Waals surface area contributed by atoms with Crippen molar-refractivity contribution in [3.8, 4) is 0 Å². The minimum Gasteiger partial charge on any atom is -0.338 e. The van der Waals surface area contributed by atoms with Gasteiger partial charge in [0.2, 0.25) is 11.8 Å². The summed E-state index contributed by atoms with van der Waals surface area (Å²) in [5, 5.41) is 6.51. The first-order chi connectivity index (χ1) is 7.36. The molecule has 1 aromatic heterocycles. The van der Waals surface area contributed by atoms with Gasteiger partial charge < -0.3 is 4.52 Å². The fourth-order valence-corrected chi connectivity index (χ4v) is 1.08. The average molecular weight is 245 g/mol. The predicted octanol–water partition coefficient (Wildman–Crippen LogP) is 3.00. The SMILES string of the molecule is CC(C)c1cc(NC(=O)C(C)(C)CCl)on1. The summed E-state index contributed by atoms with van der Waals surface area (Å²) in [7, 11) is 0. The van der Waals surface area contributed by atoms with E-state index in [-0.39, 0.29) is 17.7 Å². The second kappa shape index (κ2) is 4.87. The maximum atomic E-state index is 11.8. The van der Waals surface area contributed by atoms with Crippen molar-refractivity contribution in [3.05, 3.63) is 11.8 Å². The Morgan fingerprint density at radius 3 is 2.69 bits per heavy atom. The van der Waals surface area contributed by atoms with Crippen LogP contribution in [0.5, 0.6) is 0 Å². The van der Waals surface area contributed by atoms with E-state index in [1.807, 2.05) is 13.8 Å². The van der Waals surface area contributed by atoms with Crippen LogP contribution in [0.15, 0.2) is 10.6 Å². The minimum atomic E-state index is -0.619. The lowest BCUT2D eigenvalue weighted by molar-refractivity contribution is -0.123. The van der Waals surface area contributed by atoms with E-state index in [4.69, 9.17) is 16.1 Å². The molecule has 1 aromatic rings. The van der Waals surface area contributed by atoms with Crippen molar-refractivity contribution in [2.24, 2.45) is 5.41 Å². The zero-order valence-electron chi connectivity index (χ0n) is 10.0. The third-order valence-electron chi connectivity index (χ3n) is 2.31. The normalized spacial score (nSPS) is 11.9. The van der Waals surface area contributed by atoms with Gasteiger partial charge in [0.1, 0.15) is 0 Å². The molecule has 1 rings (SSSR count). The van der Waals surface area contributed by atoms with E-state index >= 15 is 0 Å². The Labute approximate surface area is 100 Å². The number of amides is 1. The lowest BCUT2D eigenvalue weighted by Gasteiger charge is -2.18. The van der Waals surface area contributed by atoms with Crippen molar-refractivity contribution in [1.29, 1.82) is 0 Å². The van der Waals surface area contributed by atoms with Gasteiger partial charge in [0.05, 0.1) is 11.1 Å². The zero-order chi connectivity index (χ0) is 12.3. The van der Waals surface area contributed by atoms with Gasteiger partial charge in [-0.25, -0.2) is 0 Å². The highest BCUT2D eigenvalue weighted by atomic mass is 35.5. The second-order valence-electron chi connectivity index (χ2n) is 4.74. The molecule has 1 N–H and O–H groups in total. The molecule has 0 aliphatic heterocycles. The fourth-order valence-electron chi connectivity index (χ4n) is 0.962. The van der Waals surface area contributed by atoms with Crippen molar-refractivity contribution in [2.75, 3.05) is 11.2 Å². The first kappa shape index (κ1) is 13.0. The number of alkyl halides is 1. The first-order valence-electron chi connectivity index (χ1n) is 5.21. The Balaban J connectivity index is 2.70. The van der Waals surface area contributed by atoms with Crippen molar-refractivity contribution in [1.82, 2.24) is 5.16 Å². The molecule has 0 unspecified atom stereocenters. The highest BCUT2D eigenvalue weighted by Crippen LogP contribution is 2.22. The molecule has 4 nitrogen and oxygen atoms in total. The lowest BCUT2D eigenvalue weighted by Crippen LogP contribution is -2.32. The largest absolute Gasteiger partial charge is 0.338 e. The monoisotopic (exact) mass is 244 g/mol. The average Bonchev–Trinajstić information content (AvgIpc) is 2.66. The molecule has 0 aliphatic rings. The zero-order valence-corrected chi connectivity index (χ0v) is 10.8. The molecule has 0 radical (unpaired) electrons. The number of carbonyl (C=O) groups excluding carboxylic acids is 1. The van der Waals surface area contributed by atoms with Gasteiger partial charge >= 0.3 is 0 Å². The molecule has 0 saturated heterocycles. The number of carbonyl (C=O) groups is 1. The van der Waals surface area contributed by atoms with Gasteiger partial charge in [-0.05, 0) is 19.8 Å². The van der Waals surface area contributed by atoms with E-state index < -0.39 is 5.41 Å². The van der Waals surface area contributed by atoms with Crippen LogP contribution >= 0.6 is 11.6 Å². The lowest BCUT2D eigenvalue weighted by atomic mass is 9.95. The van der Waals surface area contributed by atoms with Crippen LogP contribution in [0.4, 0.5) is 5.88 Å². The van der Waals surface area contributed by atoms with Crippen molar-refractivity contribution < 1.29 is 9.32 Å². The number of aromatic nitrogens is 1. The quantitative estimate of drug-likeness (QED) is 0.829. The van der Waals surface area contributed by atoms with Gasteiger partial charge in [0, 0.05) is 11.9 Å². The number of anilines is 1. The molecule has 0 bridgehead atoms. The van der Waals surface area contributed by atoms with Crippen LogP contribution in [-0.4, -0.2) is 16.9 Å². The number of hydrogen-bond acceptors (Lipinski definition) is 3. The maximum Gasteiger partial charge on any atom is 0.233 e. The van der Waals surface area contributed by atoms with Crippen LogP contribution in [0, 0.1) is 5.41 Å². The summed E-state index contributed by atoms with van der Waals surface area (Å²) < 4.78 is 5.01. The van der Waals surface area contributed by atoms with E-state index in [1.54, 1.807) is 19.9 Å². The van der Waals surface area contributed by atoms with E-state index in [1.165, 1.54) is 0 Å². The van der Waals surface area contributed by atoms with Crippen LogP contribution in [0.3, 0.4) is 0 Å². The third kappa shape index (κ3) is 2.98. The highest BCUT2D eigenvalue weighted by molar-refractivity contribution is 6.20. The van der Waals surface area contributed by atoms with E-state index in [0.717, 1.165) is 5.69 Å². The van der Waals surface area contributed by atoms with Gasteiger partial charge in [0.25, 0.3) is 0 Å². The van der Waals surface area contributed by atoms with Crippen LogP contribution in [0.1, 0.15) is 39.3 Å². The predicted molar refractivity (Wildman–Crippen MR) is 63.7 cm³/mol. The van der Waals surface area contributed by atoms with Crippen molar-refractivity contribution in [3.63, 3.8) is 0 Å². The van der Waals surface area contributed by atoms with E-state index in [0.29, 0.717) is 5.88 Å². The summed E-state index contributed by atoms with van der Waals surface area (Å²) in [5.74, 6) is 0.723. The smallest absolute Gasteiger partial charge is 0.233 e. The number of hydrogen-bond donors (Lipinski definition) is 1. The second-order valence-corrected chi connectivity index (χ2v) is 5.01. The summed E-state index contributed by atoms with van der Waals surface area (Å²) >= 11 is 5.70. The molecule has 5 heteroatoms. The highest BCUT2D eigenvalue weighted by Gasteiger charge is 2.27. The molecule has 0 atom stereocenters. The Morgan fingerprint density at radius 1 is 1.62 bits per heavy atom. The molecule has 1 heterocycles. The summed E-state index contributed by atoms with van der Waals surface area (Å²) in [6.07, 6.45) is 0. The molecular formula is C11H17ClN2O2. The van der Waals surface area contributed by atoms with E-state index in [2.05, 4.69) is 10.5 Å². The van der Waals surface area contributed by atoms with Gasteiger partial charge in [-0.3, -0.25) is 10.1 Å². The Morgan fingerprint density at radius 2 is 2.25 bits per heavy atom. The van der Waals surface area contributed by atoms with Crippen molar-refractivity contribution >= 4 is 23.4 Å². The molecule has 0 aromatic carbocycles. The van der Waals surface area contributed by atoms with Crippen molar-refractivity contribution in [2.45, 2.75) is 33.6 Å². The number of rotatable bonds is 4. The van der Waals surface area contributed by atoms with Gasteiger partial charge in [-0.1, -0.05) is 19.0 Å². The number of nitrogens with zero attached hydrogens (tertiary/aromatic N) is 1. The summed E-state index contributed by atoms with van der Waals surface area (Å²) in [4.78, 5) is 11.8. The topological polar surface area (TPSA) is 55.1 Å². The Kier molecular flexibility index (Phi) is 3.97. The van der Waals surface area contributed by atoms with Gasteiger partial charge in [-0.2, -0.15) is 0 Å². The van der Waals surface area contributed by atoms with Crippen LogP contribution in [-0.2, 0) is 4.79 Å². The van der Waals surface area contributed by atoms with Crippen LogP contribution in [0.25, 0.3) is 0 Å². The first-order valence-corrected chi connectivity index (χ1v) is 5.74. The van der Waals surface area contributed by atoms with Gasteiger partial charge in [0.15, 0.2) is 0 Å².